The minimum Gasteiger partial charge on any atom is -0.368 e. The first-order valence-electron chi connectivity index (χ1n) is 10.9. The Hall–Kier alpha value is -3.44. The van der Waals surface area contributed by atoms with Gasteiger partial charge in [-0.15, -0.1) is 0 Å². The predicted octanol–water partition coefficient (Wildman–Crippen LogP) is 3.70. The normalized spacial score (nSPS) is 15.4. The van der Waals surface area contributed by atoms with Crippen molar-refractivity contribution in [1.82, 2.24) is 18.8 Å². The summed E-state index contributed by atoms with van der Waals surface area (Å²) in [6.45, 7) is 4.53. The molecule has 0 unspecified atom stereocenters. The predicted molar refractivity (Wildman–Crippen MR) is 137 cm³/mol. The van der Waals surface area contributed by atoms with Crippen molar-refractivity contribution in [3.8, 4) is 0 Å². The van der Waals surface area contributed by atoms with Crippen molar-refractivity contribution in [2.45, 2.75) is 17.9 Å². The van der Waals surface area contributed by atoms with Gasteiger partial charge in [0.15, 0.2) is 0 Å². The van der Waals surface area contributed by atoms with Gasteiger partial charge in [-0.3, -0.25) is 9.52 Å². The van der Waals surface area contributed by atoms with E-state index in [1.54, 1.807) is 24.3 Å². The van der Waals surface area contributed by atoms with E-state index >= 15 is 0 Å². The van der Waals surface area contributed by atoms with Gasteiger partial charge in [-0.1, -0.05) is 18.2 Å². The Kier molecular flexibility index (Phi) is 5.96. The number of para-hydroxylation sites is 1. The van der Waals surface area contributed by atoms with Crippen molar-refractivity contribution in [3.05, 3.63) is 67.1 Å². The zero-order valence-electron chi connectivity index (χ0n) is 18.5. The second-order valence-electron chi connectivity index (χ2n) is 8.12. The molecule has 1 fully saturated rings. The number of hydrogen-bond donors (Lipinski definition) is 1. The molecule has 0 radical (unpaired) electrons. The summed E-state index contributed by atoms with van der Waals surface area (Å²) in [7, 11) is -3.71. The van der Waals surface area contributed by atoms with Gasteiger partial charge in [-0.2, -0.15) is 4.37 Å². The maximum Gasteiger partial charge on any atom is 0.263 e. The van der Waals surface area contributed by atoms with Crippen LogP contribution in [0.4, 0.5) is 10.8 Å². The first kappa shape index (κ1) is 22.4. The molecule has 4 aromatic rings. The second-order valence-corrected chi connectivity index (χ2v) is 10.6. The number of carbonyl (C=O) groups excluding carboxylic acids is 1. The molecule has 0 aliphatic carbocycles. The van der Waals surface area contributed by atoms with Crippen LogP contribution in [0.25, 0.3) is 10.9 Å². The molecule has 34 heavy (non-hydrogen) atoms. The van der Waals surface area contributed by atoms with Crippen LogP contribution in [0.3, 0.4) is 0 Å². The van der Waals surface area contributed by atoms with Crippen LogP contribution in [0.5, 0.6) is 0 Å². The van der Waals surface area contributed by atoms with E-state index in [0.717, 1.165) is 28.1 Å². The summed E-state index contributed by atoms with van der Waals surface area (Å²) < 4.78 is 33.3. The van der Waals surface area contributed by atoms with Crippen LogP contribution in [0, 0.1) is 0 Å². The van der Waals surface area contributed by atoms with Gasteiger partial charge in [0.25, 0.3) is 10.0 Å². The molecule has 1 saturated heterocycles. The lowest BCUT2D eigenvalue weighted by atomic mass is 10.2. The topological polar surface area (TPSA) is 100 Å². The first-order valence-corrected chi connectivity index (χ1v) is 13.2. The largest absolute Gasteiger partial charge is 0.368 e. The SMILES string of the molecule is C[C@H](C(=O)N1CCN(c2ccc(S(=O)(=O)Nc3ncns3)cc2)CC1)n1ccc2ccccc21.[HH].[HH]. The lowest BCUT2D eigenvalue weighted by Gasteiger charge is -2.37. The summed E-state index contributed by atoms with van der Waals surface area (Å²) in [6, 6.07) is 16.6. The Balaban J connectivity index is 0.00000180. The highest BCUT2D eigenvalue weighted by molar-refractivity contribution is 7.93. The van der Waals surface area contributed by atoms with Gasteiger partial charge in [-0.05, 0) is 48.7 Å². The first-order chi connectivity index (χ1) is 16.4. The number of anilines is 2. The molecule has 0 saturated carbocycles. The fraction of sp³-hybridized carbons (Fsp3) is 0.261. The standard InChI is InChI=1S/C23H24N6O3S2.2H2/c1-17(29-11-10-18-4-2-3-5-21(18)29)22(30)28-14-12-27(13-15-28)19-6-8-20(9-7-19)34(31,32)26-23-24-16-25-33-23;;/h2-11,16-17H,12-15H2,1H3,(H,24,25,26);2*1H/t17-;;/m1../s1. The molecule has 0 spiro atoms. The zero-order chi connectivity index (χ0) is 23.7. The molecule has 1 atom stereocenters. The number of benzene rings is 2. The molecule has 1 aliphatic rings. The van der Waals surface area contributed by atoms with Crippen LogP contribution in [0.15, 0.2) is 72.0 Å². The third kappa shape index (κ3) is 4.36. The van der Waals surface area contributed by atoms with Crippen LogP contribution in [0.2, 0.25) is 0 Å². The molecule has 3 heterocycles. The van der Waals surface area contributed by atoms with Gasteiger partial charge >= 0.3 is 0 Å². The third-order valence-electron chi connectivity index (χ3n) is 6.09. The Morgan fingerprint density at radius 1 is 1.06 bits per heavy atom. The van der Waals surface area contributed by atoms with E-state index in [9.17, 15) is 13.2 Å². The van der Waals surface area contributed by atoms with Gasteiger partial charge in [-0.25, -0.2) is 13.4 Å². The van der Waals surface area contributed by atoms with E-state index in [2.05, 4.69) is 19.0 Å². The summed E-state index contributed by atoms with van der Waals surface area (Å²) in [5, 5.41) is 1.35. The van der Waals surface area contributed by atoms with Crippen LogP contribution < -0.4 is 9.62 Å². The number of sulfonamides is 1. The highest BCUT2D eigenvalue weighted by atomic mass is 32.2. The molecular formula is C23H28N6O3S2. The molecule has 1 aliphatic heterocycles. The molecule has 1 amide bonds. The lowest BCUT2D eigenvalue weighted by molar-refractivity contribution is -0.134. The van der Waals surface area contributed by atoms with Gasteiger partial charge < -0.3 is 14.4 Å². The van der Waals surface area contributed by atoms with Gasteiger partial charge in [0.1, 0.15) is 12.4 Å². The fourth-order valence-corrected chi connectivity index (χ4v) is 5.90. The number of rotatable bonds is 6. The molecule has 1 N–H and O–H groups in total. The average Bonchev–Trinajstić information content (AvgIpc) is 3.53. The van der Waals surface area contributed by atoms with Gasteiger partial charge in [0, 0.05) is 58.0 Å². The van der Waals surface area contributed by atoms with E-state index in [0.29, 0.717) is 26.2 Å². The molecule has 180 valence electrons. The van der Waals surface area contributed by atoms with Crippen LogP contribution in [0.1, 0.15) is 15.8 Å². The molecule has 11 heteroatoms. The lowest BCUT2D eigenvalue weighted by Crippen LogP contribution is -2.50. The number of hydrogen-bond acceptors (Lipinski definition) is 7. The Bertz CT molecular complexity index is 1400. The molecule has 9 nitrogen and oxygen atoms in total. The Morgan fingerprint density at radius 3 is 2.50 bits per heavy atom. The van der Waals surface area contributed by atoms with Crippen molar-refractivity contribution < 1.29 is 16.1 Å². The minimum atomic E-state index is -3.71. The summed E-state index contributed by atoms with van der Waals surface area (Å²) in [5.41, 5.74) is 1.98. The second kappa shape index (κ2) is 9.07. The average molecular weight is 501 g/mol. The van der Waals surface area contributed by atoms with Crippen molar-refractivity contribution in [1.29, 1.82) is 0 Å². The number of nitrogens with one attached hydrogen (secondary N) is 1. The number of carbonyl (C=O) groups is 1. The number of amides is 1. The Labute approximate surface area is 204 Å². The van der Waals surface area contributed by atoms with Crippen molar-refractivity contribution in [2.24, 2.45) is 0 Å². The maximum atomic E-state index is 13.2. The summed E-state index contributed by atoms with van der Waals surface area (Å²) in [6.07, 6.45) is 3.27. The highest BCUT2D eigenvalue weighted by Crippen LogP contribution is 2.24. The molecule has 2 aromatic heterocycles. The monoisotopic (exact) mass is 500 g/mol. The molecule has 0 bridgehead atoms. The smallest absolute Gasteiger partial charge is 0.263 e. The van der Waals surface area contributed by atoms with E-state index < -0.39 is 10.0 Å². The van der Waals surface area contributed by atoms with Crippen LogP contribution in [-0.4, -0.2) is 59.3 Å². The number of fused-ring (bicyclic) bond motifs is 1. The number of piperazine rings is 1. The van der Waals surface area contributed by atoms with Gasteiger partial charge in [0.2, 0.25) is 11.0 Å². The van der Waals surface area contributed by atoms with Gasteiger partial charge in [0.05, 0.1) is 4.90 Å². The molecular weight excluding hydrogens is 472 g/mol. The molecule has 2 aromatic carbocycles. The third-order valence-corrected chi connectivity index (χ3v) is 8.15. The van der Waals surface area contributed by atoms with E-state index in [1.807, 2.05) is 52.9 Å². The highest BCUT2D eigenvalue weighted by Gasteiger charge is 2.26. The van der Waals surface area contributed by atoms with E-state index in [4.69, 9.17) is 0 Å². The quantitative estimate of drug-likeness (QED) is 0.433. The van der Waals surface area contributed by atoms with Crippen LogP contribution in [-0.2, 0) is 14.8 Å². The maximum absolute atomic E-state index is 13.2. The van der Waals surface area contributed by atoms with Crippen molar-refractivity contribution in [3.63, 3.8) is 0 Å². The number of aromatic nitrogens is 3. The van der Waals surface area contributed by atoms with E-state index in [1.165, 1.54) is 6.33 Å². The summed E-state index contributed by atoms with van der Waals surface area (Å²) >= 11 is 0.981. The Morgan fingerprint density at radius 2 is 1.79 bits per heavy atom. The van der Waals surface area contributed by atoms with Crippen molar-refractivity contribution in [2.75, 3.05) is 35.8 Å². The number of nitrogens with zero attached hydrogens (tertiary/aromatic N) is 5. The van der Waals surface area contributed by atoms with Crippen LogP contribution >= 0.6 is 11.5 Å². The summed E-state index contributed by atoms with van der Waals surface area (Å²) in [5.74, 6) is 0.102. The minimum absolute atomic E-state index is 0. The summed E-state index contributed by atoms with van der Waals surface area (Å²) in [4.78, 5) is 21.3. The van der Waals surface area contributed by atoms with Crippen molar-refractivity contribution >= 4 is 49.2 Å². The molecule has 5 rings (SSSR count). The zero-order valence-corrected chi connectivity index (χ0v) is 20.2. The van der Waals surface area contributed by atoms with E-state index in [-0.39, 0.29) is 24.8 Å². The fourth-order valence-electron chi connectivity index (χ4n) is 4.24.